The predicted molar refractivity (Wildman–Crippen MR) is 190 cm³/mol. The van der Waals surface area contributed by atoms with Crippen molar-refractivity contribution >= 4 is 34.7 Å². The third kappa shape index (κ3) is 8.76. The molecule has 1 heterocycles. The highest BCUT2D eigenvalue weighted by Crippen LogP contribution is 2.38. The minimum absolute atomic E-state index is 0.0407. The molecule has 1 aliphatic rings. The highest BCUT2D eigenvalue weighted by atomic mass is 35.5. The Balaban J connectivity index is 1.34. The Morgan fingerprint density at radius 1 is 0.936 bits per heavy atom. The standard InChI is InChI=1S/C39H42Cl2N2O4/c1-4-42(25-29-11-7-5-8-12-29)26-36-37(39(44)45)33(19-20-43(36)28(3)30-13-9-6-10-14-30)31-15-17-32(18-16-31)46-21-22-47-38-34(40)23-27(2)24-35(38)41/h5-19,23-24,28,36-37H,4,20-22,25-26H2,1-3H3,(H,44,45)/t28-,36-,37?/m0/s1. The van der Waals surface area contributed by atoms with Crippen LogP contribution in [0.2, 0.25) is 10.0 Å². The maximum atomic E-state index is 13.2. The molecule has 0 radical (unpaired) electrons. The first-order valence-corrected chi connectivity index (χ1v) is 16.8. The first-order chi connectivity index (χ1) is 22.7. The number of nitrogens with zero attached hydrogens (tertiary/aromatic N) is 2. The van der Waals surface area contributed by atoms with Crippen molar-refractivity contribution < 1.29 is 19.4 Å². The molecular weight excluding hydrogens is 631 g/mol. The average Bonchev–Trinajstić information content (AvgIpc) is 3.07. The summed E-state index contributed by atoms with van der Waals surface area (Å²) in [7, 11) is 0. The molecule has 5 rings (SSSR count). The fraction of sp³-hybridized carbons (Fsp3) is 0.308. The number of ether oxygens (including phenoxy) is 2. The zero-order valence-corrected chi connectivity index (χ0v) is 28.6. The van der Waals surface area contributed by atoms with Gasteiger partial charge in [0.05, 0.1) is 16.0 Å². The van der Waals surface area contributed by atoms with Crippen LogP contribution in [-0.4, -0.2) is 59.8 Å². The maximum Gasteiger partial charge on any atom is 0.312 e. The van der Waals surface area contributed by atoms with Crippen molar-refractivity contribution in [2.45, 2.75) is 39.4 Å². The van der Waals surface area contributed by atoms with Crippen molar-refractivity contribution in [2.75, 3.05) is 32.8 Å². The molecule has 1 unspecified atom stereocenters. The lowest BCUT2D eigenvalue weighted by Crippen LogP contribution is -2.53. The fourth-order valence-corrected chi connectivity index (χ4v) is 7.03. The molecule has 47 heavy (non-hydrogen) atoms. The lowest BCUT2D eigenvalue weighted by Gasteiger charge is -2.45. The molecule has 0 bridgehead atoms. The minimum Gasteiger partial charge on any atom is -0.490 e. The van der Waals surface area contributed by atoms with Crippen LogP contribution in [0.15, 0.2) is 103 Å². The number of aliphatic carboxylic acids is 1. The molecule has 0 aromatic heterocycles. The van der Waals surface area contributed by atoms with E-state index in [1.54, 1.807) is 0 Å². The second-order valence-electron chi connectivity index (χ2n) is 11.9. The van der Waals surface area contributed by atoms with E-state index in [4.69, 9.17) is 32.7 Å². The highest BCUT2D eigenvalue weighted by Gasteiger charge is 2.41. The average molecular weight is 674 g/mol. The molecule has 8 heteroatoms. The lowest BCUT2D eigenvalue weighted by molar-refractivity contribution is -0.142. The number of aryl methyl sites for hydroxylation is 1. The Hall–Kier alpha value is -3.81. The molecule has 4 aromatic rings. The van der Waals surface area contributed by atoms with E-state index in [9.17, 15) is 9.90 Å². The van der Waals surface area contributed by atoms with Gasteiger partial charge >= 0.3 is 5.97 Å². The van der Waals surface area contributed by atoms with Gasteiger partial charge in [-0.15, -0.1) is 0 Å². The number of rotatable bonds is 14. The zero-order valence-electron chi connectivity index (χ0n) is 27.1. The molecular formula is C39H42Cl2N2O4. The van der Waals surface area contributed by atoms with E-state index in [1.807, 2.05) is 79.7 Å². The molecule has 0 spiro atoms. The van der Waals surface area contributed by atoms with Crippen LogP contribution in [0, 0.1) is 12.8 Å². The summed E-state index contributed by atoms with van der Waals surface area (Å²) >= 11 is 12.6. The van der Waals surface area contributed by atoms with Gasteiger partial charge in [0.15, 0.2) is 5.75 Å². The molecule has 1 N–H and O–H groups in total. The van der Waals surface area contributed by atoms with Crippen molar-refractivity contribution in [1.82, 2.24) is 9.80 Å². The summed E-state index contributed by atoms with van der Waals surface area (Å²) in [6.45, 7) is 9.61. The van der Waals surface area contributed by atoms with Crippen LogP contribution in [-0.2, 0) is 11.3 Å². The normalized spacial score (nSPS) is 17.3. The summed E-state index contributed by atoms with van der Waals surface area (Å²) in [4.78, 5) is 17.9. The van der Waals surface area contributed by atoms with E-state index in [0.717, 1.165) is 29.8 Å². The molecule has 0 fully saturated rings. The maximum absolute atomic E-state index is 13.2. The van der Waals surface area contributed by atoms with Gasteiger partial charge in [0.2, 0.25) is 0 Å². The summed E-state index contributed by atoms with van der Waals surface area (Å²) in [6, 6.07) is 31.7. The van der Waals surface area contributed by atoms with Crippen LogP contribution in [0.25, 0.3) is 5.57 Å². The first kappa shape index (κ1) is 34.5. The number of carboxylic acid groups (broad SMARTS) is 1. The lowest BCUT2D eigenvalue weighted by atomic mass is 9.81. The van der Waals surface area contributed by atoms with Gasteiger partial charge in [-0.05, 0) is 72.5 Å². The monoisotopic (exact) mass is 672 g/mol. The van der Waals surface area contributed by atoms with E-state index < -0.39 is 11.9 Å². The van der Waals surface area contributed by atoms with Crippen molar-refractivity contribution in [2.24, 2.45) is 5.92 Å². The third-order valence-corrected chi connectivity index (χ3v) is 9.35. The summed E-state index contributed by atoms with van der Waals surface area (Å²) < 4.78 is 11.7. The molecule has 4 aromatic carbocycles. The van der Waals surface area contributed by atoms with Gasteiger partial charge in [0, 0.05) is 31.7 Å². The summed E-state index contributed by atoms with van der Waals surface area (Å²) in [5.41, 5.74) is 5.04. The third-order valence-electron chi connectivity index (χ3n) is 8.78. The van der Waals surface area contributed by atoms with Crippen LogP contribution < -0.4 is 9.47 Å². The van der Waals surface area contributed by atoms with Gasteiger partial charge in [0.25, 0.3) is 0 Å². The Morgan fingerprint density at radius 2 is 1.55 bits per heavy atom. The molecule has 0 saturated heterocycles. The number of benzene rings is 4. The van der Waals surface area contributed by atoms with E-state index in [-0.39, 0.29) is 18.7 Å². The van der Waals surface area contributed by atoms with E-state index in [1.165, 1.54) is 11.1 Å². The number of hydrogen-bond donors (Lipinski definition) is 1. The van der Waals surface area contributed by atoms with E-state index in [2.05, 4.69) is 54.0 Å². The number of carboxylic acids is 1. The zero-order chi connectivity index (χ0) is 33.3. The van der Waals surface area contributed by atoms with Crippen LogP contribution in [0.4, 0.5) is 0 Å². The van der Waals surface area contributed by atoms with Crippen LogP contribution in [0.1, 0.15) is 42.1 Å². The van der Waals surface area contributed by atoms with Gasteiger partial charge in [0.1, 0.15) is 19.0 Å². The van der Waals surface area contributed by atoms with E-state index in [0.29, 0.717) is 41.2 Å². The Labute approximate surface area is 288 Å². The van der Waals surface area contributed by atoms with Crippen LogP contribution in [0.5, 0.6) is 11.5 Å². The molecule has 6 nitrogen and oxygen atoms in total. The molecule has 246 valence electrons. The van der Waals surface area contributed by atoms with Crippen LogP contribution >= 0.6 is 23.2 Å². The Bertz CT molecular complexity index is 1620. The molecule has 0 saturated carbocycles. The molecule has 3 atom stereocenters. The SMILES string of the molecule is CCN(Cc1ccccc1)C[C@H]1C(C(=O)O)C(c2ccc(OCCOc3c(Cl)cc(C)cc3Cl)cc2)=CCN1[C@@H](C)c1ccccc1. The van der Waals surface area contributed by atoms with Crippen LogP contribution in [0.3, 0.4) is 0 Å². The van der Waals surface area contributed by atoms with Crippen molar-refractivity contribution in [1.29, 1.82) is 0 Å². The van der Waals surface area contributed by atoms with Crippen molar-refractivity contribution in [3.05, 3.63) is 135 Å². The second-order valence-corrected chi connectivity index (χ2v) is 12.7. The summed E-state index contributed by atoms with van der Waals surface area (Å²) in [5.74, 6) is -0.438. The molecule has 1 aliphatic heterocycles. The Kier molecular flexibility index (Phi) is 12.0. The molecule has 0 aliphatic carbocycles. The van der Waals surface area contributed by atoms with Crippen molar-refractivity contribution in [3.8, 4) is 11.5 Å². The largest absolute Gasteiger partial charge is 0.490 e. The highest BCUT2D eigenvalue weighted by molar-refractivity contribution is 6.37. The fourth-order valence-electron chi connectivity index (χ4n) is 6.32. The summed E-state index contributed by atoms with van der Waals surface area (Å²) in [5, 5.41) is 11.7. The second kappa shape index (κ2) is 16.3. The van der Waals surface area contributed by atoms with Gasteiger partial charge in [-0.1, -0.05) is 109 Å². The minimum atomic E-state index is -0.826. The summed E-state index contributed by atoms with van der Waals surface area (Å²) in [6.07, 6.45) is 2.08. The number of likely N-dealkylation sites (N-methyl/N-ethyl adjacent to an activating group) is 1. The smallest absolute Gasteiger partial charge is 0.312 e. The van der Waals surface area contributed by atoms with Gasteiger partial charge in [-0.25, -0.2) is 0 Å². The number of halogens is 2. The topological polar surface area (TPSA) is 62.2 Å². The number of hydrogen-bond acceptors (Lipinski definition) is 5. The first-order valence-electron chi connectivity index (χ1n) is 16.1. The van der Waals surface area contributed by atoms with Gasteiger partial charge in [-0.3, -0.25) is 14.6 Å². The predicted octanol–water partition coefficient (Wildman–Crippen LogP) is 8.81. The van der Waals surface area contributed by atoms with E-state index >= 15 is 0 Å². The van der Waals surface area contributed by atoms with Crippen molar-refractivity contribution in [3.63, 3.8) is 0 Å². The van der Waals surface area contributed by atoms with Gasteiger partial charge < -0.3 is 14.6 Å². The Morgan fingerprint density at radius 3 is 2.17 bits per heavy atom. The molecule has 0 amide bonds. The van der Waals surface area contributed by atoms with Gasteiger partial charge in [-0.2, -0.15) is 0 Å². The number of carbonyl (C=O) groups is 1. The quantitative estimate of drug-likeness (QED) is 0.135.